The summed E-state index contributed by atoms with van der Waals surface area (Å²) < 4.78 is 0. The van der Waals surface area contributed by atoms with E-state index in [1.54, 1.807) is 0 Å². The smallest absolute Gasteiger partial charge is 0.0606 e. The van der Waals surface area contributed by atoms with Crippen LogP contribution in [0.2, 0.25) is 0 Å². The van der Waals surface area contributed by atoms with Crippen LogP contribution in [-0.4, -0.2) is 17.8 Å². The molecule has 3 N–H and O–H groups in total. The summed E-state index contributed by atoms with van der Waals surface area (Å²) in [6.07, 6.45) is 2.88. The minimum absolute atomic E-state index is 0.0775. The molecule has 0 saturated heterocycles. The number of nitrogens with two attached hydrogens (primary N) is 1. The maximum absolute atomic E-state index is 9.67. The Morgan fingerprint density at radius 1 is 1.64 bits per heavy atom. The maximum Gasteiger partial charge on any atom is 0.0606 e. The zero-order valence-corrected chi connectivity index (χ0v) is 7.51. The Labute approximate surface area is 68.8 Å². The van der Waals surface area contributed by atoms with Gasteiger partial charge in [-0.25, -0.2) is 0 Å². The van der Waals surface area contributed by atoms with E-state index in [1.165, 1.54) is 0 Å². The number of hydrogen-bond donors (Lipinski definition) is 2. The first-order chi connectivity index (χ1) is 5.14. The summed E-state index contributed by atoms with van der Waals surface area (Å²) >= 11 is 0. The van der Waals surface area contributed by atoms with Gasteiger partial charge in [-0.15, -0.1) is 0 Å². The molecule has 2 heteroatoms. The Bertz CT molecular complexity index is 130. The standard InChI is InChI=1S/C9H19NO/c1-3-8(11)9(6-10)4-7(2)5-9/h7-8,11H,3-6,10H2,1-2H3. The van der Waals surface area contributed by atoms with Gasteiger partial charge in [0.25, 0.3) is 0 Å². The number of rotatable bonds is 3. The predicted molar refractivity (Wildman–Crippen MR) is 46.2 cm³/mol. The Balaban J connectivity index is 2.49. The van der Waals surface area contributed by atoms with E-state index < -0.39 is 0 Å². The Kier molecular flexibility index (Phi) is 2.55. The molecule has 0 radical (unpaired) electrons. The Hall–Kier alpha value is -0.0800. The average Bonchev–Trinajstić information content (AvgIpc) is 1.96. The second kappa shape index (κ2) is 3.11. The van der Waals surface area contributed by atoms with E-state index in [0.29, 0.717) is 6.54 Å². The van der Waals surface area contributed by atoms with Crippen LogP contribution in [-0.2, 0) is 0 Å². The highest BCUT2D eigenvalue weighted by Crippen LogP contribution is 2.47. The van der Waals surface area contributed by atoms with Crippen molar-refractivity contribution in [2.24, 2.45) is 17.1 Å². The lowest BCUT2D eigenvalue weighted by Gasteiger charge is -2.49. The van der Waals surface area contributed by atoms with Gasteiger partial charge in [-0.3, -0.25) is 0 Å². The normalized spacial score (nSPS) is 39.8. The van der Waals surface area contributed by atoms with Gasteiger partial charge in [0, 0.05) is 12.0 Å². The van der Waals surface area contributed by atoms with E-state index in [2.05, 4.69) is 6.92 Å². The summed E-state index contributed by atoms with van der Waals surface area (Å²) in [6, 6.07) is 0. The van der Waals surface area contributed by atoms with Crippen LogP contribution in [0.5, 0.6) is 0 Å². The van der Waals surface area contributed by atoms with Gasteiger partial charge >= 0.3 is 0 Å². The number of aliphatic hydroxyl groups is 1. The Morgan fingerprint density at radius 2 is 2.18 bits per heavy atom. The van der Waals surface area contributed by atoms with E-state index in [0.717, 1.165) is 25.2 Å². The van der Waals surface area contributed by atoms with Gasteiger partial charge in [0.05, 0.1) is 6.10 Å². The summed E-state index contributed by atoms with van der Waals surface area (Å²) in [4.78, 5) is 0. The van der Waals surface area contributed by atoms with Gasteiger partial charge in [-0.05, 0) is 25.2 Å². The molecule has 2 nitrogen and oxygen atoms in total. The molecule has 0 aromatic carbocycles. The lowest BCUT2D eigenvalue weighted by molar-refractivity contribution is -0.0591. The van der Waals surface area contributed by atoms with Crippen molar-refractivity contribution in [1.82, 2.24) is 0 Å². The van der Waals surface area contributed by atoms with Crippen molar-refractivity contribution in [3.8, 4) is 0 Å². The maximum atomic E-state index is 9.67. The molecule has 1 unspecified atom stereocenters. The average molecular weight is 157 g/mol. The molecule has 0 aromatic heterocycles. The molecule has 0 spiro atoms. The minimum atomic E-state index is -0.177. The van der Waals surface area contributed by atoms with Gasteiger partial charge < -0.3 is 10.8 Å². The highest BCUT2D eigenvalue weighted by molar-refractivity contribution is 4.97. The van der Waals surface area contributed by atoms with Crippen LogP contribution in [0.15, 0.2) is 0 Å². The molecular formula is C9H19NO. The molecule has 1 aliphatic rings. The van der Waals surface area contributed by atoms with Crippen molar-refractivity contribution in [3.63, 3.8) is 0 Å². The lowest BCUT2D eigenvalue weighted by atomic mass is 9.59. The molecule has 0 heterocycles. The van der Waals surface area contributed by atoms with Crippen LogP contribution >= 0.6 is 0 Å². The van der Waals surface area contributed by atoms with Crippen LogP contribution in [0.4, 0.5) is 0 Å². The van der Waals surface area contributed by atoms with Crippen molar-refractivity contribution in [2.45, 2.75) is 39.2 Å². The predicted octanol–water partition coefficient (Wildman–Crippen LogP) is 1.13. The largest absolute Gasteiger partial charge is 0.393 e. The van der Waals surface area contributed by atoms with Crippen molar-refractivity contribution in [1.29, 1.82) is 0 Å². The fourth-order valence-corrected chi connectivity index (χ4v) is 2.34. The van der Waals surface area contributed by atoms with Gasteiger partial charge in [-0.2, -0.15) is 0 Å². The molecule has 0 aliphatic heterocycles. The van der Waals surface area contributed by atoms with E-state index in [4.69, 9.17) is 5.73 Å². The molecule has 66 valence electrons. The molecule has 0 amide bonds. The highest BCUT2D eigenvalue weighted by Gasteiger charge is 2.45. The number of aliphatic hydroxyl groups excluding tert-OH is 1. The highest BCUT2D eigenvalue weighted by atomic mass is 16.3. The van der Waals surface area contributed by atoms with E-state index in [9.17, 15) is 5.11 Å². The molecule has 1 rings (SSSR count). The molecule has 0 aromatic rings. The third-order valence-corrected chi connectivity index (χ3v) is 3.01. The van der Waals surface area contributed by atoms with Crippen molar-refractivity contribution in [3.05, 3.63) is 0 Å². The fraction of sp³-hybridized carbons (Fsp3) is 1.00. The molecule has 1 saturated carbocycles. The van der Waals surface area contributed by atoms with Gasteiger partial charge in [-0.1, -0.05) is 13.8 Å². The SMILES string of the molecule is CCC(O)C1(CN)CC(C)C1. The molecular weight excluding hydrogens is 138 g/mol. The topological polar surface area (TPSA) is 46.2 Å². The third-order valence-electron chi connectivity index (χ3n) is 3.01. The van der Waals surface area contributed by atoms with Crippen LogP contribution in [0, 0.1) is 11.3 Å². The van der Waals surface area contributed by atoms with Crippen molar-refractivity contribution >= 4 is 0 Å². The van der Waals surface area contributed by atoms with E-state index in [1.807, 2.05) is 6.92 Å². The first-order valence-corrected chi connectivity index (χ1v) is 4.52. The summed E-state index contributed by atoms with van der Waals surface area (Å²) in [5, 5.41) is 9.67. The zero-order chi connectivity index (χ0) is 8.48. The molecule has 1 atom stereocenters. The summed E-state index contributed by atoms with van der Waals surface area (Å²) in [6.45, 7) is 4.88. The first kappa shape index (κ1) is 9.01. The van der Waals surface area contributed by atoms with Crippen LogP contribution < -0.4 is 5.73 Å². The fourth-order valence-electron chi connectivity index (χ4n) is 2.34. The van der Waals surface area contributed by atoms with Crippen LogP contribution in [0.1, 0.15) is 33.1 Å². The zero-order valence-electron chi connectivity index (χ0n) is 7.51. The first-order valence-electron chi connectivity index (χ1n) is 4.52. The van der Waals surface area contributed by atoms with E-state index >= 15 is 0 Å². The second-order valence-electron chi connectivity index (χ2n) is 4.00. The Morgan fingerprint density at radius 3 is 2.45 bits per heavy atom. The van der Waals surface area contributed by atoms with Gasteiger partial charge in [0.1, 0.15) is 0 Å². The minimum Gasteiger partial charge on any atom is -0.393 e. The van der Waals surface area contributed by atoms with Gasteiger partial charge in [0.15, 0.2) is 0 Å². The van der Waals surface area contributed by atoms with Crippen LogP contribution in [0.25, 0.3) is 0 Å². The molecule has 1 fully saturated rings. The molecule has 0 bridgehead atoms. The monoisotopic (exact) mass is 157 g/mol. The summed E-state index contributed by atoms with van der Waals surface area (Å²) in [5.41, 5.74) is 5.73. The second-order valence-corrected chi connectivity index (χ2v) is 4.00. The van der Waals surface area contributed by atoms with Crippen molar-refractivity contribution < 1.29 is 5.11 Å². The number of hydrogen-bond acceptors (Lipinski definition) is 2. The van der Waals surface area contributed by atoms with Crippen molar-refractivity contribution in [2.75, 3.05) is 6.54 Å². The summed E-state index contributed by atoms with van der Waals surface area (Å²) in [7, 11) is 0. The summed E-state index contributed by atoms with van der Waals surface area (Å²) in [5.74, 6) is 0.764. The quantitative estimate of drug-likeness (QED) is 0.645. The van der Waals surface area contributed by atoms with Gasteiger partial charge in [0.2, 0.25) is 0 Å². The third kappa shape index (κ3) is 1.42. The van der Waals surface area contributed by atoms with Crippen LogP contribution in [0.3, 0.4) is 0 Å². The lowest BCUT2D eigenvalue weighted by Crippen LogP contribution is -2.50. The molecule has 11 heavy (non-hydrogen) atoms. The van der Waals surface area contributed by atoms with E-state index in [-0.39, 0.29) is 11.5 Å². The molecule has 1 aliphatic carbocycles.